The van der Waals surface area contributed by atoms with Crippen LogP contribution in [-0.4, -0.2) is 39.2 Å². The number of carbonyl (C=O) groups excluding carboxylic acids is 1. The number of halogens is 1. The SMILES string of the molecule is Cc1c(O)cc(C(=O)Nc2nc(Nc3cc(NCCN)cc4c3CC=C4)ncc2F)cc1O. The molecule has 1 aromatic heterocycles. The maximum Gasteiger partial charge on any atom is 0.257 e. The predicted octanol–water partition coefficient (Wildman–Crippen LogP) is 3.27. The number of nitrogens with one attached hydrogen (secondary N) is 3. The third kappa shape index (κ3) is 4.70. The number of allylic oxidation sites excluding steroid dienone is 1. The van der Waals surface area contributed by atoms with Gasteiger partial charge in [0.1, 0.15) is 11.5 Å². The van der Waals surface area contributed by atoms with Gasteiger partial charge in [-0.15, -0.1) is 0 Å². The molecule has 0 bridgehead atoms. The van der Waals surface area contributed by atoms with E-state index in [2.05, 4.69) is 25.9 Å². The van der Waals surface area contributed by atoms with Gasteiger partial charge in [0, 0.05) is 35.6 Å². The average molecular weight is 450 g/mol. The van der Waals surface area contributed by atoms with Crippen molar-refractivity contribution in [3.63, 3.8) is 0 Å². The van der Waals surface area contributed by atoms with E-state index >= 15 is 0 Å². The maximum absolute atomic E-state index is 14.3. The Kier molecular flexibility index (Phi) is 6.09. The summed E-state index contributed by atoms with van der Waals surface area (Å²) in [7, 11) is 0. The number of phenolic OH excluding ortho intramolecular Hbond substituents is 2. The molecule has 1 heterocycles. The summed E-state index contributed by atoms with van der Waals surface area (Å²) in [5.41, 5.74) is 9.44. The van der Waals surface area contributed by atoms with Gasteiger partial charge >= 0.3 is 0 Å². The van der Waals surface area contributed by atoms with Crippen molar-refractivity contribution in [1.29, 1.82) is 0 Å². The second kappa shape index (κ2) is 9.13. The lowest BCUT2D eigenvalue weighted by atomic mass is 10.1. The summed E-state index contributed by atoms with van der Waals surface area (Å²) in [4.78, 5) is 20.6. The largest absolute Gasteiger partial charge is 0.508 e. The number of phenols is 2. The number of fused-ring (bicyclic) bond motifs is 1. The lowest BCUT2D eigenvalue weighted by Crippen LogP contribution is -2.15. The number of hydrogen-bond donors (Lipinski definition) is 6. The molecule has 0 fully saturated rings. The Morgan fingerprint density at radius 2 is 1.97 bits per heavy atom. The number of aromatic nitrogens is 2. The lowest BCUT2D eigenvalue weighted by Gasteiger charge is -2.15. The van der Waals surface area contributed by atoms with Crippen molar-refractivity contribution in [2.75, 3.05) is 29.0 Å². The highest BCUT2D eigenvalue weighted by atomic mass is 19.1. The number of carbonyl (C=O) groups is 1. The van der Waals surface area contributed by atoms with Crippen LogP contribution in [0.3, 0.4) is 0 Å². The van der Waals surface area contributed by atoms with Crippen LogP contribution in [-0.2, 0) is 6.42 Å². The average Bonchev–Trinajstić information content (AvgIpc) is 3.27. The van der Waals surface area contributed by atoms with Crippen LogP contribution in [0.2, 0.25) is 0 Å². The topological polar surface area (TPSA) is 145 Å². The van der Waals surface area contributed by atoms with Gasteiger partial charge in [0.2, 0.25) is 5.95 Å². The minimum atomic E-state index is -0.834. The van der Waals surface area contributed by atoms with E-state index in [0.29, 0.717) is 13.1 Å². The van der Waals surface area contributed by atoms with Crippen LogP contribution in [0.4, 0.5) is 27.5 Å². The number of amides is 1. The van der Waals surface area contributed by atoms with E-state index in [1.165, 1.54) is 19.1 Å². The molecule has 10 heteroatoms. The highest BCUT2D eigenvalue weighted by Crippen LogP contribution is 2.33. The second-order valence-electron chi connectivity index (χ2n) is 7.52. The Hall–Kier alpha value is -4.18. The number of rotatable bonds is 7. The Morgan fingerprint density at radius 1 is 1.21 bits per heavy atom. The lowest BCUT2D eigenvalue weighted by molar-refractivity contribution is 0.102. The smallest absolute Gasteiger partial charge is 0.257 e. The summed E-state index contributed by atoms with van der Waals surface area (Å²) < 4.78 is 14.3. The molecule has 2 aromatic carbocycles. The van der Waals surface area contributed by atoms with E-state index in [-0.39, 0.29) is 34.4 Å². The summed E-state index contributed by atoms with van der Waals surface area (Å²) in [5.74, 6) is -2.34. The molecule has 4 rings (SSSR count). The molecular weight excluding hydrogens is 427 g/mol. The van der Waals surface area contributed by atoms with E-state index in [1.807, 2.05) is 24.3 Å². The van der Waals surface area contributed by atoms with E-state index < -0.39 is 11.7 Å². The molecule has 0 radical (unpaired) electrons. The molecule has 1 aliphatic rings. The predicted molar refractivity (Wildman–Crippen MR) is 124 cm³/mol. The Balaban J connectivity index is 1.58. The first-order chi connectivity index (χ1) is 15.9. The van der Waals surface area contributed by atoms with Gasteiger partial charge in [-0.05, 0) is 48.7 Å². The fourth-order valence-corrected chi connectivity index (χ4v) is 3.44. The van der Waals surface area contributed by atoms with E-state index in [9.17, 15) is 19.4 Å². The Labute approximate surface area is 189 Å². The first kappa shape index (κ1) is 22.0. The summed E-state index contributed by atoms with van der Waals surface area (Å²) in [5, 5.41) is 28.4. The highest BCUT2D eigenvalue weighted by Gasteiger charge is 2.17. The minimum Gasteiger partial charge on any atom is -0.508 e. The van der Waals surface area contributed by atoms with Crippen LogP contribution in [0.15, 0.2) is 36.5 Å². The van der Waals surface area contributed by atoms with Gasteiger partial charge < -0.3 is 31.9 Å². The molecule has 0 aliphatic heterocycles. The third-order valence-electron chi connectivity index (χ3n) is 5.21. The van der Waals surface area contributed by atoms with Crippen molar-refractivity contribution in [3.05, 3.63) is 64.6 Å². The van der Waals surface area contributed by atoms with Gasteiger partial charge in [0.25, 0.3) is 5.91 Å². The van der Waals surface area contributed by atoms with Crippen molar-refractivity contribution < 1.29 is 19.4 Å². The van der Waals surface area contributed by atoms with Crippen molar-refractivity contribution in [3.8, 4) is 11.5 Å². The highest BCUT2D eigenvalue weighted by molar-refractivity contribution is 6.04. The third-order valence-corrected chi connectivity index (χ3v) is 5.21. The number of nitrogens with zero attached hydrogens (tertiary/aromatic N) is 2. The number of benzene rings is 2. The summed E-state index contributed by atoms with van der Waals surface area (Å²) in [6.45, 7) is 2.59. The summed E-state index contributed by atoms with van der Waals surface area (Å²) in [6, 6.07) is 6.27. The van der Waals surface area contributed by atoms with Crippen LogP contribution in [0.5, 0.6) is 11.5 Å². The van der Waals surface area contributed by atoms with E-state index in [1.54, 1.807) is 0 Å². The van der Waals surface area contributed by atoms with Crippen LogP contribution >= 0.6 is 0 Å². The Morgan fingerprint density at radius 3 is 2.70 bits per heavy atom. The van der Waals surface area contributed by atoms with Crippen LogP contribution in [0.1, 0.15) is 27.0 Å². The van der Waals surface area contributed by atoms with Gasteiger partial charge in [-0.2, -0.15) is 4.98 Å². The molecular formula is C23H23FN6O3. The van der Waals surface area contributed by atoms with Crippen molar-refractivity contribution >= 4 is 35.1 Å². The number of nitrogens with two attached hydrogens (primary N) is 1. The molecule has 0 saturated heterocycles. The van der Waals surface area contributed by atoms with Crippen molar-refractivity contribution in [1.82, 2.24) is 9.97 Å². The molecule has 0 saturated carbocycles. The molecule has 170 valence electrons. The maximum atomic E-state index is 14.3. The standard InChI is InChI=1S/C23H23FN6O3/c1-12-19(31)8-14(9-20(12)32)22(33)29-21-17(24)11-27-23(30-21)28-18-10-15(26-6-5-25)7-13-3-2-4-16(13)18/h2-3,7-11,26,31-32H,4-6,25H2,1H3,(H2,27,28,29,30,33). The van der Waals surface area contributed by atoms with Crippen LogP contribution < -0.4 is 21.7 Å². The zero-order chi connectivity index (χ0) is 23.5. The fraction of sp³-hybridized carbons (Fsp3) is 0.174. The fourth-order valence-electron chi connectivity index (χ4n) is 3.44. The normalized spacial score (nSPS) is 11.8. The van der Waals surface area contributed by atoms with E-state index in [4.69, 9.17) is 5.73 Å². The zero-order valence-electron chi connectivity index (χ0n) is 17.8. The van der Waals surface area contributed by atoms with Crippen LogP contribution in [0, 0.1) is 12.7 Å². The van der Waals surface area contributed by atoms with Gasteiger partial charge in [0.05, 0.1) is 6.20 Å². The number of hydrogen-bond acceptors (Lipinski definition) is 8. The Bertz CT molecular complexity index is 1240. The van der Waals surface area contributed by atoms with Gasteiger partial charge in [-0.3, -0.25) is 4.79 Å². The first-order valence-corrected chi connectivity index (χ1v) is 10.3. The zero-order valence-corrected chi connectivity index (χ0v) is 17.8. The quantitative estimate of drug-likeness (QED) is 0.322. The molecule has 0 spiro atoms. The monoisotopic (exact) mass is 450 g/mol. The molecule has 33 heavy (non-hydrogen) atoms. The van der Waals surface area contributed by atoms with Crippen molar-refractivity contribution in [2.45, 2.75) is 13.3 Å². The molecule has 3 aromatic rings. The summed E-state index contributed by atoms with van der Waals surface area (Å²) >= 11 is 0. The number of aromatic hydroxyl groups is 2. The van der Waals surface area contributed by atoms with Crippen LogP contribution in [0.25, 0.3) is 6.08 Å². The van der Waals surface area contributed by atoms with Gasteiger partial charge in [-0.1, -0.05) is 12.2 Å². The molecule has 7 N–H and O–H groups in total. The molecule has 9 nitrogen and oxygen atoms in total. The van der Waals surface area contributed by atoms with Crippen molar-refractivity contribution in [2.24, 2.45) is 5.73 Å². The minimum absolute atomic E-state index is 0.0503. The molecule has 1 amide bonds. The first-order valence-electron chi connectivity index (χ1n) is 10.3. The molecule has 0 atom stereocenters. The molecule has 0 unspecified atom stereocenters. The summed E-state index contributed by atoms with van der Waals surface area (Å²) in [6.07, 6.45) is 5.72. The van der Waals surface area contributed by atoms with Gasteiger partial charge in [0.15, 0.2) is 11.6 Å². The van der Waals surface area contributed by atoms with E-state index in [0.717, 1.165) is 35.1 Å². The van der Waals surface area contributed by atoms with Gasteiger partial charge in [-0.25, -0.2) is 9.37 Å². The number of anilines is 4. The second-order valence-corrected chi connectivity index (χ2v) is 7.52. The molecule has 1 aliphatic carbocycles.